The van der Waals surface area contributed by atoms with Crippen LogP contribution in [-0.2, 0) is 14.4 Å². The maximum absolute atomic E-state index is 12.7. The molecule has 2 rings (SSSR count). The fourth-order valence-corrected chi connectivity index (χ4v) is 3.43. The minimum Gasteiger partial charge on any atom is -0.481 e. The van der Waals surface area contributed by atoms with Crippen LogP contribution in [0.4, 0.5) is 0 Å². The second kappa shape index (κ2) is 6.50. The van der Waals surface area contributed by atoms with Crippen molar-refractivity contribution in [2.75, 3.05) is 13.1 Å². The Kier molecular flexibility index (Phi) is 4.88. The Hall–Kier alpha value is -1.85. The smallest absolute Gasteiger partial charge is 0.307 e. The third-order valence-corrected chi connectivity index (χ3v) is 5.11. The van der Waals surface area contributed by atoms with Crippen molar-refractivity contribution in [3.05, 3.63) is 11.1 Å². The fraction of sp³-hybridized carbons (Fsp3) is 0.688. The Morgan fingerprint density at radius 3 is 2.00 bits per heavy atom. The average Bonchev–Trinajstić information content (AvgIpc) is 2.48. The molecule has 0 bridgehead atoms. The molecule has 2 atom stereocenters. The highest BCUT2D eigenvalue weighted by atomic mass is 16.4. The van der Waals surface area contributed by atoms with Gasteiger partial charge in [-0.3, -0.25) is 14.4 Å². The van der Waals surface area contributed by atoms with Gasteiger partial charge in [-0.2, -0.15) is 0 Å². The first-order chi connectivity index (χ1) is 10.3. The fourth-order valence-electron chi connectivity index (χ4n) is 3.43. The zero-order valence-electron chi connectivity index (χ0n) is 13.2. The number of rotatable bonds is 3. The first kappa shape index (κ1) is 16.5. The third-order valence-electron chi connectivity index (χ3n) is 5.11. The summed E-state index contributed by atoms with van der Waals surface area (Å²) in [5.74, 6) is -2.63. The van der Waals surface area contributed by atoms with E-state index in [1.807, 2.05) is 13.8 Å². The largest absolute Gasteiger partial charge is 0.481 e. The summed E-state index contributed by atoms with van der Waals surface area (Å²) in [6.45, 7) is 4.87. The highest BCUT2D eigenvalue weighted by Crippen LogP contribution is 2.36. The molecule has 0 unspecified atom stereocenters. The van der Waals surface area contributed by atoms with Gasteiger partial charge in [0.15, 0.2) is 0 Å². The first-order valence-corrected chi connectivity index (χ1v) is 7.77. The molecular weight excluding hydrogens is 284 g/mol. The number of carbonyl (C=O) groups excluding carboxylic acids is 2. The van der Waals surface area contributed by atoms with Crippen molar-refractivity contribution in [1.82, 2.24) is 4.90 Å². The molecule has 1 aliphatic carbocycles. The topological polar surface area (TPSA) is 101 Å². The normalized spacial score (nSPS) is 26.9. The molecule has 0 radical (unpaired) electrons. The van der Waals surface area contributed by atoms with Gasteiger partial charge >= 0.3 is 5.97 Å². The van der Waals surface area contributed by atoms with Crippen molar-refractivity contribution < 1.29 is 19.5 Å². The summed E-state index contributed by atoms with van der Waals surface area (Å²) >= 11 is 0. The van der Waals surface area contributed by atoms with E-state index in [1.54, 1.807) is 4.90 Å². The van der Waals surface area contributed by atoms with E-state index in [-0.39, 0.29) is 17.7 Å². The lowest BCUT2D eigenvalue weighted by molar-refractivity contribution is -0.151. The third kappa shape index (κ3) is 3.31. The van der Waals surface area contributed by atoms with Crippen LogP contribution in [-0.4, -0.2) is 40.9 Å². The summed E-state index contributed by atoms with van der Waals surface area (Å²) < 4.78 is 0. The second-order valence-corrected chi connectivity index (χ2v) is 6.52. The van der Waals surface area contributed by atoms with E-state index >= 15 is 0 Å². The molecule has 1 saturated heterocycles. The number of hydrogen-bond acceptors (Lipinski definition) is 3. The van der Waals surface area contributed by atoms with Gasteiger partial charge in [-0.1, -0.05) is 11.1 Å². The van der Waals surface area contributed by atoms with Crippen molar-refractivity contribution in [2.24, 2.45) is 23.5 Å². The summed E-state index contributed by atoms with van der Waals surface area (Å²) in [5.41, 5.74) is 7.49. The van der Waals surface area contributed by atoms with Gasteiger partial charge in [0.1, 0.15) is 0 Å². The average molecular weight is 308 g/mol. The highest BCUT2D eigenvalue weighted by molar-refractivity contribution is 5.86. The number of carboxylic acids is 1. The summed E-state index contributed by atoms with van der Waals surface area (Å²) in [7, 11) is 0. The summed E-state index contributed by atoms with van der Waals surface area (Å²) in [6.07, 6.45) is 2.09. The van der Waals surface area contributed by atoms with Gasteiger partial charge in [0.25, 0.3) is 0 Å². The Bertz CT molecular complexity index is 518. The SMILES string of the molecule is CC1=C(C)C[C@@H](C(=O)N2CCC(C(N)=O)CC2)[C@H](C(=O)O)C1. The van der Waals surface area contributed by atoms with Crippen molar-refractivity contribution in [2.45, 2.75) is 39.5 Å². The van der Waals surface area contributed by atoms with Crippen LogP contribution in [0.5, 0.6) is 0 Å². The zero-order chi connectivity index (χ0) is 16.4. The van der Waals surface area contributed by atoms with Gasteiger partial charge < -0.3 is 15.7 Å². The molecule has 0 aromatic heterocycles. The van der Waals surface area contributed by atoms with Crippen LogP contribution in [0.25, 0.3) is 0 Å². The maximum atomic E-state index is 12.7. The van der Waals surface area contributed by atoms with Crippen molar-refractivity contribution in [1.29, 1.82) is 0 Å². The number of carbonyl (C=O) groups is 3. The maximum Gasteiger partial charge on any atom is 0.307 e. The predicted molar refractivity (Wildman–Crippen MR) is 80.7 cm³/mol. The molecule has 22 heavy (non-hydrogen) atoms. The van der Waals surface area contributed by atoms with E-state index in [4.69, 9.17) is 5.73 Å². The van der Waals surface area contributed by atoms with E-state index in [0.29, 0.717) is 38.8 Å². The van der Waals surface area contributed by atoms with Crippen LogP contribution < -0.4 is 5.73 Å². The van der Waals surface area contributed by atoms with Crippen LogP contribution in [0.2, 0.25) is 0 Å². The number of piperidine rings is 1. The lowest BCUT2D eigenvalue weighted by Gasteiger charge is -2.36. The summed E-state index contributed by atoms with van der Waals surface area (Å²) in [6, 6.07) is 0. The van der Waals surface area contributed by atoms with Crippen LogP contribution in [0.1, 0.15) is 39.5 Å². The van der Waals surface area contributed by atoms with Gasteiger partial charge in [-0.25, -0.2) is 0 Å². The van der Waals surface area contributed by atoms with Crippen LogP contribution in [0, 0.1) is 17.8 Å². The minimum absolute atomic E-state index is 0.0952. The number of allylic oxidation sites excluding steroid dienone is 2. The van der Waals surface area contributed by atoms with Crippen molar-refractivity contribution in [3.63, 3.8) is 0 Å². The molecule has 1 fully saturated rings. The molecule has 1 aliphatic heterocycles. The van der Waals surface area contributed by atoms with Crippen LogP contribution in [0.3, 0.4) is 0 Å². The summed E-state index contributed by atoms with van der Waals surface area (Å²) in [5, 5.41) is 9.42. The van der Waals surface area contributed by atoms with Gasteiger partial charge in [0.05, 0.1) is 11.8 Å². The van der Waals surface area contributed by atoms with E-state index in [2.05, 4.69) is 0 Å². The standard InChI is InChI=1S/C16H24N2O4/c1-9-7-12(13(16(21)22)8-10(9)2)15(20)18-5-3-11(4-6-18)14(17)19/h11-13H,3-8H2,1-2H3,(H2,17,19)(H,21,22)/t12-,13-/m1/s1. The Labute approximate surface area is 130 Å². The number of likely N-dealkylation sites (tertiary alicyclic amines) is 1. The molecular formula is C16H24N2O4. The molecule has 3 N–H and O–H groups in total. The lowest BCUT2D eigenvalue weighted by Crippen LogP contribution is -2.47. The molecule has 0 spiro atoms. The van der Waals surface area contributed by atoms with Gasteiger partial charge in [0, 0.05) is 19.0 Å². The second-order valence-electron chi connectivity index (χ2n) is 6.52. The number of hydrogen-bond donors (Lipinski definition) is 2. The number of nitrogens with zero attached hydrogens (tertiary/aromatic N) is 1. The highest BCUT2D eigenvalue weighted by Gasteiger charge is 2.40. The molecule has 2 amide bonds. The summed E-state index contributed by atoms with van der Waals surface area (Å²) in [4.78, 5) is 37.1. The minimum atomic E-state index is -0.905. The van der Waals surface area contributed by atoms with E-state index < -0.39 is 17.8 Å². The number of amides is 2. The Morgan fingerprint density at radius 2 is 1.55 bits per heavy atom. The first-order valence-electron chi connectivity index (χ1n) is 7.77. The van der Waals surface area contributed by atoms with Crippen LogP contribution >= 0.6 is 0 Å². The van der Waals surface area contributed by atoms with Gasteiger partial charge in [-0.05, 0) is 39.5 Å². The van der Waals surface area contributed by atoms with E-state index in [9.17, 15) is 19.5 Å². The van der Waals surface area contributed by atoms with E-state index in [1.165, 1.54) is 0 Å². The molecule has 0 aromatic carbocycles. The predicted octanol–water partition coefficient (Wildman–Crippen LogP) is 1.16. The zero-order valence-corrected chi connectivity index (χ0v) is 13.2. The molecule has 0 saturated carbocycles. The van der Waals surface area contributed by atoms with Crippen LogP contribution in [0.15, 0.2) is 11.1 Å². The monoisotopic (exact) mass is 308 g/mol. The van der Waals surface area contributed by atoms with Crippen molar-refractivity contribution >= 4 is 17.8 Å². The number of nitrogens with two attached hydrogens (primary N) is 1. The number of aliphatic carboxylic acids is 1. The molecule has 0 aromatic rings. The molecule has 6 heteroatoms. The van der Waals surface area contributed by atoms with E-state index in [0.717, 1.165) is 11.1 Å². The van der Waals surface area contributed by atoms with Crippen molar-refractivity contribution in [3.8, 4) is 0 Å². The van der Waals surface area contributed by atoms with Gasteiger partial charge in [-0.15, -0.1) is 0 Å². The molecule has 122 valence electrons. The number of carboxylic acid groups (broad SMARTS) is 1. The molecule has 6 nitrogen and oxygen atoms in total. The number of primary amides is 1. The Balaban J connectivity index is 2.08. The molecule has 2 aliphatic rings. The lowest BCUT2D eigenvalue weighted by atomic mass is 9.75. The Morgan fingerprint density at radius 1 is 1.05 bits per heavy atom. The molecule has 1 heterocycles. The van der Waals surface area contributed by atoms with Gasteiger partial charge in [0.2, 0.25) is 11.8 Å². The quantitative estimate of drug-likeness (QED) is 0.764.